The molecule has 2 atom stereocenters. The number of esters is 1. The molecule has 0 fully saturated rings. The van der Waals surface area contributed by atoms with E-state index in [-0.39, 0.29) is 23.5 Å². The van der Waals surface area contributed by atoms with Gasteiger partial charge in [-0.3, -0.25) is 4.79 Å². The van der Waals surface area contributed by atoms with Crippen molar-refractivity contribution in [2.75, 3.05) is 7.11 Å². The number of ether oxygens (including phenoxy) is 2. The number of phenols is 1. The van der Waals surface area contributed by atoms with Gasteiger partial charge in [-0.05, 0) is 30.7 Å². The molecule has 122 valence electrons. The molecule has 1 aromatic rings. The molecular formula is C17H18O6. The summed E-state index contributed by atoms with van der Waals surface area (Å²) < 4.78 is 10.4. The maximum Gasteiger partial charge on any atom is 0.338 e. The summed E-state index contributed by atoms with van der Waals surface area (Å²) >= 11 is 0. The molecule has 0 spiro atoms. The maximum atomic E-state index is 12.3. The van der Waals surface area contributed by atoms with Gasteiger partial charge in [-0.1, -0.05) is 5.57 Å². The molecule has 0 saturated carbocycles. The fourth-order valence-corrected chi connectivity index (χ4v) is 2.78. The minimum absolute atomic E-state index is 0.0792. The van der Waals surface area contributed by atoms with Crippen molar-refractivity contribution >= 4 is 18.5 Å². The minimum atomic E-state index is -0.593. The van der Waals surface area contributed by atoms with E-state index in [2.05, 4.69) is 0 Å². The summed E-state index contributed by atoms with van der Waals surface area (Å²) in [5, 5.41) is 9.55. The van der Waals surface area contributed by atoms with Gasteiger partial charge in [0.05, 0.1) is 12.7 Å². The van der Waals surface area contributed by atoms with Crippen LogP contribution in [0, 0.1) is 5.92 Å². The Hall–Kier alpha value is -2.63. The summed E-state index contributed by atoms with van der Waals surface area (Å²) in [6.07, 6.45) is 1.45. The first-order chi connectivity index (χ1) is 11.0. The van der Waals surface area contributed by atoms with Crippen LogP contribution in [0.5, 0.6) is 11.5 Å². The van der Waals surface area contributed by atoms with Gasteiger partial charge in [0.15, 0.2) is 11.5 Å². The molecule has 23 heavy (non-hydrogen) atoms. The summed E-state index contributed by atoms with van der Waals surface area (Å²) in [7, 11) is 1.38. The van der Waals surface area contributed by atoms with Gasteiger partial charge < -0.3 is 19.4 Å². The lowest BCUT2D eigenvalue weighted by Gasteiger charge is -2.20. The lowest BCUT2D eigenvalue weighted by molar-refractivity contribution is -0.109. The van der Waals surface area contributed by atoms with Crippen molar-refractivity contribution in [2.24, 2.45) is 5.92 Å². The topological polar surface area (TPSA) is 89.9 Å². The van der Waals surface area contributed by atoms with E-state index in [0.717, 1.165) is 18.1 Å². The van der Waals surface area contributed by atoms with Crippen molar-refractivity contribution < 1.29 is 29.0 Å². The van der Waals surface area contributed by atoms with Gasteiger partial charge >= 0.3 is 5.97 Å². The number of hydrogen-bond donors (Lipinski definition) is 1. The van der Waals surface area contributed by atoms with Crippen LogP contribution in [0.25, 0.3) is 0 Å². The molecule has 0 radical (unpaired) electrons. The lowest BCUT2D eigenvalue weighted by Crippen LogP contribution is -2.25. The number of phenolic OH excluding ortho intramolecular Hbond substituents is 1. The van der Waals surface area contributed by atoms with Crippen LogP contribution in [0.15, 0.2) is 29.3 Å². The van der Waals surface area contributed by atoms with E-state index in [1.54, 1.807) is 6.92 Å². The Bertz CT molecular complexity index is 661. The summed E-state index contributed by atoms with van der Waals surface area (Å²) in [6.45, 7) is 1.79. The molecule has 0 aliphatic heterocycles. The lowest BCUT2D eigenvalue weighted by atomic mass is 9.96. The zero-order valence-corrected chi connectivity index (χ0v) is 12.9. The second-order valence-corrected chi connectivity index (χ2v) is 5.40. The molecule has 1 aromatic carbocycles. The third-order valence-corrected chi connectivity index (χ3v) is 4.00. The highest BCUT2D eigenvalue weighted by Gasteiger charge is 2.35. The third kappa shape index (κ3) is 3.41. The second kappa shape index (κ2) is 7.09. The summed E-state index contributed by atoms with van der Waals surface area (Å²) in [5.74, 6) is -0.917. The number of aromatic hydroxyl groups is 1. The molecule has 1 N–H and O–H groups in total. The van der Waals surface area contributed by atoms with Crippen LogP contribution in [0.2, 0.25) is 0 Å². The van der Waals surface area contributed by atoms with Gasteiger partial charge in [-0.2, -0.15) is 0 Å². The number of methoxy groups -OCH3 is 1. The van der Waals surface area contributed by atoms with Gasteiger partial charge in [0, 0.05) is 18.8 Å². The average molecular weight is 318 g/mol. The molecule has 2 rings (SSSR count). The predicted molar refractivity (Wildman–Crippen MR) is 81.4 cm³/mol. The normalized spacial score (nSPS) is 20.3. The van der Waals surface area contributed by atoms with E-state index in [9.17, 15) is 19.5 Å². The van der Waals surface area contributed by atoms with E-state index in [4.69, 9.17) is 9.47 Å². The van der Waals surface area contributed by atoms with Gasteiger partial charge in [-0.15, -0.1) is 0 Å². The van der Waals surface area contributed by atoms with E-state index in [1.807, 2.05) is 0 Å². The smallest absolute Gasteiger partial charge is 0.338 e. The van der Waals surface area contributed by atoms with E-state index in [0.29, 0.717) is 12.0 Å². The number of aldehydes is 2. The van der Waals surface area contributed by atoms with Crippen LogP contribution in [-0.4, -0.2) is 36.9 Å². The van der Waals surface area contributed by atoms with Crippen LogP contribution in [0.1, 0.15) is 30.1 Å². The number of carbonyl (C=O) groups excluding carboxylic acids is 3. The molecule has 0 amide bonds. The Morgan fingerprint density at radius 3 is 2.74 bits per heavy atom. The molecule has 0 saturated heterocycles. The van der Waals surface area contributed by atoms with Crippen molar-refractivity contribution in [1.29, 1.82) is 0 Å². The van der Waals surface area contributed by atoms with Crippen molar-refractivity contribution in [2.45, 2.75) is 25.9 Å². The molecule has 1 aliphatic carbocycles. The molecule has 6 heteroatoms. The summed E-state index contributed by atoms with van der Waals surface area (Å²) in [4.78, 5) is 34.3. The highest BCUT2D eigenvalue weighted by atomic mass is 16.5. The average Bonchev–Trinajstić information content (AvgIpc) is 2.83. The number of rotatable bonds is 6. The Morgan fingerprint density at radius 2 is 2.13 bits per heavy atom. The quantitative estimate of drug-likeness (QED) is 0.638. The van der Waals surface area contributed by atoms with Crippen LogP contribution in [0.4, 0.5) is 0 Å². The first kappa shape index (κ1) is 16.7. The number of hydrogen-bond acceptors (Lipinski definition) is 6. The number of benzene rings is 1. The standard InChI is InChI=1S/C17H18O6/c1-10-7-15(12(5-6-18)13(10)9-19)23-17(21)11-3-4-14(20)16(8-11)22-2/h3-4,6,8-9,12,15,20H,5,7H2,1-2H3. The van der Waals surface area contributed by atoms with E-state index < -0.39 is 18.0 Å². The van der Waals surface area contributed by atoms with Gasteiger partial charge in [-0.25, -0.2) is 4.79 Å². The minimum Gasteiger partial charge on any atom is -0.504 e. The third-order valence-electron chi connectivity index (χ3n) is 4.00. The molecule has 0 bridgehead atoms. The Labute approximate surface area is 133 Å². The van der Waals surface area contributed by atoms with Crippen molar-refractivity contribution in [3.05, 3.63) is 34.9 Å². The molecule has 2 unspecified atom stereocenters. The Kier molecular flexibility index (Phi) is 5.16. The SMILES string of the molecule is COc1cc(C(=O)OC2CC(C)=C(C=O)C2CC=O)ccc1O. The maximum absolute atomic E-state index is 12.3. The fourth-order valence-electron chi connectivity index (χ4n) is 2.78. The van der Waals surface area contributed by atoms with Gasteiger partial charge in [0.2, 0.25) is 0 Å². The van der Waals surface area contributed by atoms with Crippen molar-refractivity contribution in [1.82, 2.24) is 0 Å². The molecule has 0 heterocycles. The first-order valence-corrected chi connectivity index (χ1v) is 7.18. The van der Waals surface area contributed by atoms with Gasteiger partial charge in [0.25, 0.3) is 0 Å². The number of carbonyl (C=O) groups is 3. The predicted octanol–water partition coefficient (Wildman–Crippen LogP) is 2.05. The zero-order chi connectivity index (χ0) is 17.0. The second-order valence-electron chi connectivity index (χ2n) is 5.40. The van der Waals surface area contributed by atoms with Crippen LogP contribution < -0.4 is 4.74 Å². The van der Waals surface area contributed by atoms with Crippen LogP contribution in [0.3, 0.4) is 0 Å². The Balaban J connectivity index is 2.17. The highest BCUT2D eigenvalue weighted by molar-refractivity contribution is 5.90. The van der Waals surface area contributed by atoms with Gasteiger partial charge in [0.1, 0.15) is 18.7 Å². The van der Waals surface area contributed by atoms with E-state index >= 15 is 0 Å². The molecule has 1 aliphatic rings. The van der Waals surface area contributed by atoms with Crippen molar-refractivity contribution in [3.8, 4) is 11.5 Å². The van der Waals surface area contributed by atoms with E-state index in [1.165, 1.54) is 25.3 Å². The fraction of sp³-hybridized carbons (Fsp3) is 0.353. The molecule has 0 aromatic heterocycles. The van der Waals surface area contributed by atoms with Crippen LogP contribution >= 0.6 is 0 Å². The van der Waals surface area contributed by atoms with Crippen molar-refractivity contribution in [3.63, 3.8) is 0 Å². The first-order valence-electron chi connectivity index (χ1n) is 7.18. The molecular weight excluding hydrogens is 300 g/mol. The highest BCUT2D eigenvalue weighted by Crippen LogP contribution is 2.35. The summed E-state index contributed by atoms with van der Waals surface area (Å²) in [5.41, 5.74) is 1.58. The monoisotopic (exact) mass is 318 g/mol. The molecule has 6 nitrogen and oxygen atoms in total. The summed E-state index contributed by atoms with van der Waals surface area (Å²) in [6, 6.07) is 4.14. The van der Waals surface area contributed by atoms with Crippen LogP contribution in [-0.2, 0) is 14.3 Å². The largest absolute Gasteiger partial charge is 0.504 e. The Morgan fingerprint density at radius 1 is 1.39 bits per heavy atom. The zero-order valence-electron chi connectivity index (χ0n) is 12.9.